The number of nitrogens with one attached hydrogen (secondary N) is 1. The Morgan fingerprint density at radius 3 is 3.17 bits per heavy atom. The predicted molar refractivity (Wildman–Crippen MR) is 72.0 cm³/mol. The van der Waals surface area contributed by atoms with Crippen LogP contribution in [0.3, 0.4) is 0 Å². The van der Waals surface area contributed by atoms with Crippen LogP contribution in [0.25, 0.3) is 5.65 Å². The van der Waals surface area contributed by atoms with E-state index in [9.17, 15) is 0 Å². The molecule has 18 heavy (non-hydrogen) atoms. The molecule has 1 unspecified atom stereocenters. The van der Waals surface area contributed by atoms with Crippen molar-refractivity contribution in [1.29, 1.82) is 0 Å². The lowest BCUT2D eigenvalue weighted by atomic mass is 10.1. The standard InChI is InChI=1S/C13H19N5/c1-3-11-8-14-4-5-17(11)13-7-10(2)6-12-15-9-16-18(12)13/h6-7,9,11,14H,3-5,8H2,1-2H3. The first-order chi connectivity index (χ1) is 8.79. The number of piperazine rings is 1. The van der Waals surface area contributed by atoms with Gasteiger partial charge in [-0.3, -0.25) is 0 Å². The zero-order valence-electron chi connectivity index (χ0n) is 10.9. The van der Waals surface area contributed by atoms with Crippen LogP contribution in [0.4, 0.5) is 5.82 Å². The lowest BCUT2D eigenvalue weighted by Crippen LogP contribution is -2.51. The number of fused-ring (bicyclic) bond motifs is 1. The molecule has 1 aliphatic rings. The molecule has 1 N–H and O–H groups in total. The monoisotopic (exact) mass is 245 g/mol. The van der Waals surface area contributed by atoms with Gasteiger partial charge in [-0.2, -0.15) is 9.61 Å². The Labute approximate surface area is 107 Å². The fourth-order valence-electron chi connectivity index (χ4n) is 2.67. The van der Waals surface area contributed by atoms with Gasteiger partial charge in [0.2, 0.25) is 0 Å². The highest BCUT2D eigenvalue weighted by Gasteiger charge is 2.23. The molecule has 0 radical (unpaired) electrons. The number of hydrogen-bond acceptors (Lipinski definition) is 4. The van der Waals surface area contributed by atoms with Gasteiger partial charge in [-0.25, -0.2) is 4.98 Å². The van der Waals surface area contributed by atoms with Gasteiger partial charge in [0.15, 0.2) is 5.65 Å². The van der Waals surface area contributed by atoms with Crippen molar-refractivity contribution in [3.63, 3.8) is 0 Å². The Bertz CT molecular complexity index is 547. The van der Waals surface area contributed by atoms with E-state index in [2.05, 4.69) is 46.3 Å². The summed E-state index contributed by atoms with van der Waals surface area (Å²) in [5.41, 5.74) is 2.16. The Morgan fingerprint density at radius 2 is 2.33 bits per heavy atom. The maximum absolute atomic E-state index is 4.35. The van der Waals surface area contributed by atoms with E-state index in [1.54, 1.807) is 6.33 Å². The summed E-state index contributed by atoms with van der Waals surface area (Å²) in [4.78, 5) is 6.75. The molecular weight excluding hydrogens is 226 g/mol. The van der Waals surface area contributed by atoms with Crippen molar-refractivity contribution in [1.82, 2.24) is 19.9 Å². The third-order valence-electron chi connectivity index (χ3n) is 3.62. The van der Waals surface area contributed by atoms with Crippen LogP contribution < -0.4 is 10.2 Å². The van der Waals surface area contributed by atoms with Gasteiger partial charge in [-0.05, 0) is 31.0 Å². The minimum absolute atomic E-state index is 0.535. The fraction of sp³-hybridized carbons (Fsp3) is 0.538. The number of pyridine rings is 1. The van der Waals surface area contributed by atoms with E-state index in [0.29, 0.717) is 6.04 Å². The smallest absolute Gasteiger partial charge is 0.157 e. The largest absolute Gasteiger partial charge is 0.351 e. The Balaban J connectivity index is 2.08. The van der Waals surface area contributed by atoms with Crippen LogP contribution >= 0.6 is 0 Å². The Morgan fingerprint density at radius 1 is 1.44 bits per heavy atom. The summed E-state index contributed by atoms with van der Waals surface area (Å²) in [5, 5.41) is 7.80. The van der Waals surface area contributed by atoms with Crippen LogP contribution in [0.5, 0.6) is 0 Å². The second-order valence-electron chi connectivity index (χ2n) is 4.88. The van der Waals surface area contributed by atoms with E-state index in [0.717, 1.165) is 37.5 Å². The van der Waals surface area contributed by atoms with Crippen molar-refractivity contribution in [2.24, 2.45) is 0 Å². The first-order valence-corrected chi connectivity index (χ1v) is 6.57. The number of nitrogens with zero attached hydrogens (tertiary/aromatic N) is 4. The summed E-state index contributed by atoms with van der Waals surface area (Å²) in [5.74, 6) is 1.16. The van der Waals surface area contributed by atoms with Gasteiger partial charge in [0.05, 0.1) is 0 Å². The molecule has 3 heterocycles. The minimum Gasteiger partial charge on any atom is -0.351 e. The molecule has 2 aromatic rings. The molecule has 0 saturated carbocycles. The number of aryl methyl sites for hydroxylation is 1. The first-order valence-electron chi connectivity index (χ1n) is 6.57. The van der Waals surface area contributed by atoms with Crippen LogP contribution in [0.15, 0.2) is 18.5 Å². The summed E-state index contributed by atoms with van der Waals surface area (Å²) < 4.78 is 1.95. The molecule has 5 nitrogen and oxygen atoms in total. The van der Waals surface area contributed by atoms with Crippen molar-refractivity contribution in [3.8, 4) is 0 Å². The number of rotatable bonds is 2. The second-order valence-corrected chi connectivity index (χ2v) is 4.88. The third kappa shape index (κ3) is 1.84. The van der Waals surface area contributed by atoms with Gasteiger partial charge in [0, 0.05) is 25.7 Å². The van der Waals surface area contributed by atoms with E-state index in [-0.39, 0.29) is 0 Å². The van der Waals surface area contributed by atoms with Crippen molar-refractivity contribution in [3.05, 3.63) is 24.0 Å². The lowest BCUT2D eigenvalue weighted by Gasteiger charge is -2.37. The zero-order valence-corrected chi connectivity index (χ0v) is 10.9. The van der Waals surface area contributed by atoms with Gasteiger partial charge < -0.3 is 10.2 Å². The molecule has 1 fully saturated rings. The molecule has 0 bridgehead atoms. The van der Waals surface area contributed by atoms with Crippen molar-refractivity contribution in [2.45, 2.75) is 26.3 Å². The van der Waals surface area contributed by atoms with E-state index in [1.807, 2.05) is 4.52 Å². The molecular formula is C13H19N5. The third-order valence-corrected chi connectivity index (χ3v) is 3.62. The first kappa shape index (κ1) is 11.5. The van der Waals surface area contributed by atoms with Crippen molar-refractivity contribution >= 4 is 11.5 Å². The summed E-state index contributed by atoms with van der Waals surface area (Å²) >= 11 is 0. The van der Waals surface area contributed by atoms with Gasteiger partial charge in [-0.1, -0.05) is 6.92 Å². The topological polar surface area (TPSA) is 45.5 Å². The molecule has 2 aromatic heterocycles. The number of aromatic nitrogens is 3. The molecule has 0 spiro atoms. The van der Waals surface area contributed by atoms with Crippen LogP contribution in [-0.2, 0) is 0 Å². The van der Waals surface area contributed by atoms with Crippen LogP contribution in [-0.4, -0.2) is 40.3 Å². The highest BCUT2D eigenvalue weighted by Crippen LogP contribution is 2.22. The SMILES string of the molecule is CCC1CNCCN1c1cc(C)cc2ncnn12. The van der Waals surface area contributed by atoms with Crippen LogP contribution in [0.2, 0.25) is 0 Å². The highest BCUT2D eigenvalue weighted by molar-refractivity contribution is 5.53. The lowest BCUT2D eigenvalue weighted by molar-refractivity contribution is 0.460. The molecule has 0 aliphatic carbocycles. The molecule has 0 amide bonds. The summed E-state index contributed by atoms with van der Waals surface area (Å²) in [6.45, 7) is 7.44. The molecule has 1 saturated heterocycles. The van der Waals surface area contributed by atoms with E-state index in [4.69, 9.17) is 0 Å². The second kappa shape index (κ2) is 4.57. The Kier molecular flexibility index (Phi) is 2.91. The van der Waals surface area contributed by atoms with Crippen molar-refractivity contribution < 1.29 is 0 Å². The predicted octanol–water partition coefficient (Wildman–Crippen LogP) is 1.23. The number of anilines is 1. The minimum atomic E-state index is 0.535. The maximum Gasteiger partial charge on any atom is 0.157 e. The van der Waals surface area contributed by atoms with Gasteiger partial charge in [0.25, 0.3) is 0 Å². The van der Waals surface area contributed by atoms with Gasteiger partial charge in [0.1, 0.15) is 12.1 Å². The fourth-order valence-corrected chi connectivity index (χ4v) is 2.67. The molecule has 0 aromatic carbocycles. The van der Waals surface area contributed by atoms with E-state index < -0.39 is 0 Å². The van der Waals surface area contributed by atoms with Crippen LogP contribution in [0.1, 0.15) is 18.9 Å². The molecule has 1 atom stereocenters. The quantitative estimate of drug-likeness (QED) is 0.864. The Hall–Kier alpha value is -1.62. The summed E-state index contributed by atoms with van der Waals surface area (Å²) in [6.07, 6.45) is 2.76. The number of hydrogen-bond donors (Lipinski definition) is 1. The molecule has 3 rings (SSSR count). The average Bonchev–Trinajstić information content (AvgIpc) is 2.85. The average molecular weight is 245 g/mol. The highest BCUT2D eigenvalue weighted by atomic mass is 15.4. The zero-order chi connectivity index (χ0) is 12.5. The van der Waals surface area contributed by atoms with Gasteiger partial charge >= 0.3 is 0 Å². The van der Waals surface area contributed by atoms with Crippen LogP contribution in [0, 0.1) is 6.92 Å². The van der Waals surface area contributed by atoms with Crippen molar-refractivity contribution in [2.75, 3.05) is 24.5 Å². The molecule has 96 valence electrons. The molecule has 1 aliphatic heterocycles. The van der Waals surface area contributed by atoms with E-state index >= 15 is 0 Å². The normalized spacial score (nSPS) is 20.6. The summed E-state index contributed by atoms with van der Waals surface area (Å²) in [7, 11) is 0. The maximum atomic E-state index is 4.35. The molecule has 5 heteroatoms. The summed E-state index contributed by atoms with van der Waals surface area (Å²) in [6, 6.07) is 4.81. The van der Waals surface area contributed by atoms with Gasteiger partial charge in [-0.15, -0.1) is 0 Å². The van der Waals surface area contributed by atoms with E-state index in [1.165, 1.54) is 5.56 Å².